The summed E-state index contributed by atoms with van der Waals surface area (Å²) >= 11 is 0. The molecule has 122 valence electrons. The van der Waals surface area contributed by atoms with E-state index in [1.54, 1.807) is 6.33 Å². The van der Waals surface area contributed by atoms with Crippen LogP contribution in [-0.2, 0) is 16.1 Å². The third-order valence-electron chi connectivity index (χ3n) is 4.25. The van der Waals surface area contributed by atoms with Gasteiger partial charge in [-0.15, -0.1) is 10.2 Å². The molecule has 2 atom stereocenters. The van der Waals surface area contributed by atoms with Crippen molar-refractivity contribution in [2.24, 2.45) is 5.92 Å². The molecule has 1 N–H and O–H groups in total. The lowest BCUT2D eigenvalue weighted by atomic mass is 9.92. The summed E-state index contributed by atoms with van der Waals surface area (Å²) in [6.45, 7) is 3.17. The summed E-state index contributed by atoms with van der Waals surface area (Å²) in [5, 5.41) is 11.1. The highest BCUT2D eigenvalue weighted by Crippen LogP contribution is 2.23. The summed E-state index contributed by atoms with van der Waals surface area (Å²) in [7, 11) is 0. The van der Waals surface area contributed by atoms with Crippen LogP contribution < -0.4 is 5.32 Å². The predicted octanol–water partition coefficient (Wildman–Crippen LogP) is 2.09. The second-order valence-corrected chi connectivity index (χ2v) is 5.74. The third kappa shape index (κ3) is 3.59. The van der Waals surface area contributed by atoms with Crippen molar-refractivity contribution in [1.82, 2.24) is 20.1 Å². The lowest BCUT2D eigenvalue weighted by molar-refractivity contribution is -0.134. The van der Waals surface area contributed by atoms with Gasteiger partial charge < -0.3 is 10.1 Å². The fourth-order valence-corrected chi connectivity index (χ4v) is 3.02. The largest absolute Gasteiger partial charge is 0.377 e. The average Bonchev–Trinajstić information content (AvgIpc) is 3.09. The van der Waals surface area contributed by atoms with Crippen molar-refractivity contribution < 1.29 is 9.53 Å². The maximum absolute atomic E-state index is 12.5. The van der Waals surface area contributed by atoms with Gasteiger partial charge in [0.25, 0.3) is 0 Å². The zero-order valence-electron chi connectivity index (χ0n) is 13.3. The molecule has 0 unspecified atom stereocenters. The van der Waals surface area contributed by atoms with Crippen LogP contribution in [0.15, 0.2) is 36.7 Å². The monoisotopic (exact) mass is 314 g/mol. The standard InChI is InChI=1S/C17H22N4O2/c1-2-15-14(9-6-10-23-15)17(22)18-11-16-20-19-12-21(16)13-7-4-3-5-8-13/h3-5,7-8,12,14-15H,2,6,9-11H2,1H3,(H,18,22)/t14-,15-/m1/s1. The lowest BCUT2D eigenvalue weighted by Gasteiger charge is -2.30. The van der Waals surface area contributed by atoms with Gasteiger partial charge in [0.05, 0.1) is 18.6 Å². The Morgan fingerprint density at radius 3 is 3.00 bits per heavy atom. The van der Waals surface area contributed by atoms with Crippen LogP contribution in [0, 0.1) is 5.92 Å². The number of carbonyl (C=O) groups is 1. The van der Waals surface area contributed by atoms with E-state index >= 15 is 0 Å². The molecule has 6 heteroatoms. The second kappa shape index (κ2) is 7.37. The van der Waals surface area contributed by atoms with Gasteiger partial charge in [0.15, 0.2) is 5.82 Å². The predicted molar refractivity (Wildman–Crippen MR) is 86.0 cm³/mol. The summed E-state index contributed by atoms with van der Waals surface area (Å²) in [4.78, 5) is 12.5. The van der Waals surface area contributed by atoms with Gasteiger partial charge in [-0.05, 0) is 31.4 Å². The summed E-state index contributed by atoms with van der Waals surface area (Å²) in [6.07, 6.45) is 4.37. The fourth-order valence-electron chi connectivity index (χ4n) is 3.02. The van der Waals surface area contributed by atoms with Gasteiger partial charge in [-0.2, -0.15) is 0 Å². The van der Waals surface area contributed by atoms with Gasteiger partial charge in [0, 0.05) is 12.3 Å². The van der Waals surface area contributed by atoms with Crippen LogP contribution in [0.2, 0.25) is 0 Å². The Morgan fingerprint density at radius 1 is 1.39 bits per heavy atom. The number of rotatable bonds is 5. The molecule has 1 fully saturated rings. The molecule has 3 rings (SSSR count). The molecule has 6 nitrogen and oxygen atoms in total. The van der Waals surface area contributed by atoms with Crippen LogP contribution in [-0.4, -0.2) is 33.4 Å². The first-order valence-corrected chi connectivity index (χ1v) is 8.13. The van der Waals surface area contributed by atoms with Crippen molar-refractivity contribution in [3.8, 4) is 5.69 Å². The van der Waals surface area contributed by atoms with Crippen molar-refractivity contribution in [3.05, 3.63) is 42.5 Å². The van der Waals surface area contributed by atoms with Crippen LogP contribution in [0.5, 0.6) is 0 Å². The Morgan fingerprint density at radius 2 is 2.22 bits per heavy atom. The minimum Gasteiger partial charge on any atom is -0.377 e. The third-order valence-corrected chi connectivity index (χ3v) is 4.25. The van der Waals surface area contributed by atoms with Crippen molar-refractivity contribution in [3.63, 3.8) is 0 Å². The number of hydrogen-bond acceptors (Lipinski definition) is 4. The molecular formula is C17H22N4O2. The van der Waals surface area contributed by atoms with Gasteiger partial charge in [0.2, 0.25) is 5.91 Å². The van der Waals surface area contributed by atoms with Gasteiger partial charge >= 0.3 is 0 Å². The Bertz CT molecular complexity index is 641. The van der Waals surface area contributed by atoms with Crippen LogP contribution in [0.3, 0.4) is 0 Å². The van der Waals surface area contributed by atoms with Gasteiger partial charge in [-0.1, -0.05) is 25.1 Å². The van der Waals surface area contributed by atoms with Gasteiger partial charge in [-0.25, -0.2) is 0 Å². The SMILES string of the molecule is CC[C@H]1OCCC[C@H]1C(=O)NCc1nncn1-c1ccccc1. The van der Waals surface area contributed by atoms with Crippen LogP contribution >= 0.6 is 0 Å². The molecular weight excluding hydrogens is 292 g/mol. The van der Waals surface area contributed by atoms with E-state index in [0.717, 1.165) is 31.6 Å². The molecule has 1 amide bonds. The maximum atomic E-state index is 12.5. The molecule has 1 aliphatic heterocycles. The smallest absolute Gasteiger partial charge is 0.226 e. The lowest BCUT2D eigenvalue weighted by Crippen LogP contribution is -2.41. The van der Waals surface area contributed by atoms with Gasteiger partial charge in [-0.3, -0.25) is 9.36 Å². The molecule has 0 saturated carbocycles. The van der Waals surface area contributed by atoms with Crippen LogP contribution in [0.25, 0.3) is 5.69 Å². The number of nitrogens with zero attached hydrogens (tertiary/aromatic N) is 3. The molecule has 1 aliphatic rings. The molecule has 1 aromatic carbocycles. The Balaban J connectivity index is 1.65. The van der Waals surface area contributed by atoms with E-state index in [0.29, 0.717) is 12.4 Å². The highest BCUT2D eigenvalue weighted by atomic mass is 16.5. The van der Waals surface area contributed by atoms with E-state index < -0.39 is 0 Å². The first kappa shape index (κ1) is 15.7. The number of para-hydroxylation sites is 1. The van der Waals surface area contributed by atoms with Crippen molar-refractivity contribution in [2.75, 3.05) is 6.61 Å². The molecule has 23 heavy (non-hydrogen) atoms. The number of hydrogen-bond donors (Lipinski definition) is 1. The number of carbonyl (C=O) groups excluding carboxylic acids is 1. The van der Waals surface area contributed by atoms with E-state index in [4.69, 9.17) is 4.74 Å². The average molecular weight is 314 g/mol. The van der Waals surface area contributed by atoms with Crippen LogP contribution in [0.1, 0.15) is 32.0 Å². The number of ether oxygens (including phenoxy) is 1. The minimum absolute atomic E-state index is 0.0238. The van der Waals surface area contributed by atoms with Crippen molar-refractivity contribution in [1.29, 1.82) is 0 Å². The van der Waals surface area contributed by atoms with Crippen molar-refractivity contribution >= 4 is 5.91 Å². The quantitative estimate of drug-likeness (QED) is 0.917. The second-order valence-electron chi connectivity index (χ2n) is 5.74. The van der Waals surface area contributed by atoms with Crippen molar-refractivity contribution in [2.45, 2.75) is 38.8 Å². The molecule has 2 heterocycles. The fraction of sp³-hybridized carbons (Fsp3) is 0.471. The van der Waals surface area contributed by atoms with E-state index in [1.807, 2.05) is 34.9 Å². The van der Waals surface area contributed by atoms with E-state index in [1.165, 1.54) is 0 Å². The molecule has 0 aliphatic carbocycles. The Hall–Kier alpha value is -2.21. The number of benzene rings is 1. The molecule has 1 aromatic heterocycles. The zero-order chi connectivity index (χ0) is 16.1. The van der Waals surface area contributed by atoms with E-state index in [9.17, 15) is 4.79 Å². The van der Waals surface area contributed by atoms with Gasteiger partial charge in [0.1, 0.15) is 6.33 Å². The normalized spacial score (nSPS) is 21.1. The number of aromatic nitrogens is 3. The first-order chi connectivity index (χ1) is 11.3. The Labute approximate surface area is 135 Å². The zero-order valence-corrected chi connectivity index (χ0v) is 13.3. The topological polar surface area (TPSA) is 69.0 Å². The highest BCUT2D eigenvalue weighted by Gasteiger charge is 2.30. The van der Waals surface area contributed by atoms with E-state index in [-0.39, 0.29) is 17.9 Å². The first-order valence-electron chi connectivity index (χ1n) is 8.13. The number of amides is 1. The molecule has 0 spiro atoms. The minimum atomic E-state index is -0.0677. The summed E-state index contributed by atoms with van der Waals surface area (Å²) in [5.74, 6) is 0.690. The molecule has 2 aromatic rings. The Kier molecular flexibility index (Phi) is 5.02. The molecule has 1 saturated heterocycles. The maximum Gasteiger partial charge on any atom is 0.226 e. The summed E-state index contributed by atoms with van der Waals surface area (Å²) in [5.41, 5.74) is 0.981. The van der Waals surface area contributed by atoms with Crippen LogP contribution in [0.4, 0.5) is 0 Å². The number of nitrogens with one attached hydrogen (secondary N) is 1. The molecule has 0 radical (unpaired) electrons. The summed E-state index contributed by atoms with van der Waals surface area (Å²) < 4.78 is 7.58. The summed E-state index contributed by atoms with van der Waals surface area (Å²) in [6, 6.07) is 9.85. The van der Waals surface area contributed by atoms with E-state index in [2.05, 4.69) is 22.4 Å². The highest BCUT2D eigenvalue weighted by molar-refractivity contribution is 5.79. The molecule has 0 bridgehead atoms.